The number of hydrogen-bond donors (Lipinski definition) is 0. The van der Waals surface area contributed by atoms with Gasteiger partial charge in [0.1, 0.15) is 12.4 Å². The third kappa shape index (κ3) is 5.58. The molecule has 0 amide bonds. The van der Waals surface area contributed by atoms with Crippen molar-refractivity contribution in [2.45, 2.75) is 26.4 Å². The van der Waals surface area contributed by atoms with Crippen LogP contribution in [0.5, 0.6) is 5.75 Å². The Morgan fingerprint density at radius 1 is 1.20 bits per heavy atom. The first-order valence-corrected chi connectivity index (χ1v) is 11.9. The minimum absolute atomic E-state index is 0.0535. The zero-order valence-corrected chi connectivity index (χ0v) is 21.0. The molecule has 0 bridgehead atoms. The molecule has 0 radical (unpaired) electrons. The number of halogens is 2. The number of rotatable bonds is 8. The molecule has 0 N–H and O–H groups in total. The quantitative estimate of drug-likeness (QED) is 0.148. The van der Waals surface area contributed by atoms with E-state index in [9.17, 15) is 14.9 Å². The third-order valence-corrected chi connectivity index (χ3v) is 5.92. The average molecular weight is 556 g/mol. The van der Waals surface area contributed by atoms with Crippen molar-refractivity contribution in [1.29, 1.82) is 0 Å². The van der Waals surface area contributed by atoms with E-state index in [1.807, 2.05) is 13.0 Å². The van der Waals surface area contributed by atoms with Gasteiger partial charge in [-0.15, -0.1) is 0 Å². The van der Waals surface area contributed by atoms with E-state index in [-0.39, 0.29) is 23.6 Å². The van der Waals surface area contributed by atoms with Crippen molar-refractivity contribution in [2.24, 2.45) is 5.10 Å². The van der Waals surface area contributed by atoms with E-state index in [4.69, 9.17) is 16.3 Å². The van der Waals surface area contributed by atoms with Gasteiger partial charge >= 0.3 is 5.69 Å². The van der Waals surface area contributed by atoms with E-state index < -0.39 is 4.92 Å². The molecule has 4 aromatic rings. The van der Waals surface area contributed by atoms with Crippen molar-refractivity contribution in [3.8, 4) is 5.75 Å². The van der Waals surface area contributed by atoms with Crippen molar-refractivity contribution in [2.75, 3.05) is 0 Å². The van der Waals surface area contributed by atoms with Gasteiger partial charge in [-0.1, -0.05) is 52.7 Å². The summed E-state index contributed by atoms with van der Waals surface area (Å²) in [4.78, 5) is 29.0. The second kappa shape index (κ2) is 10.8. The van der Waals surface area contributed by atoms with Gasteiger partial charge in [-0.2, -0.15) is 9.78 Å². The van der Waals surface area contributed by atoms with Gasteiger partial charge < -0.3 is 4.74 Å². The van der Waals surface area contributed by atoms with E-state index in [1.165, 1.54) is 17.0 Å². The van der Waals surface area contributed by atoms with E-state index in [0.29, 0.717) is 33.7 Å². The Balaban J connectivity index is 1.77. The number of nitrogens with zero attached hydrogens (tertiary/aromatic N) is 4. The topological polar surface area (TPSA) is 99.6 Å². The van der Waals surface area contributed by atoms with E-state index in [2.05, 4.69) is 26.0 Å². The van der Waals surface area contributed by atoms with Crippen molar-refractivity contribution in [1.82, 2.24) is 9.66 Å². The number of benzene rings is 3. The molecule has 0 aliphatic heterocycles. The van der Waals surface area contributed by atoms with E-state index >= 15 is 0 Å². The lowest BCUT2D eigenvalue weighted by Gasteiger charge is -2.11. The first kappa shape index (κ1) is 24.6. The number of hydrogen-bond acceptors (Lipinski definition) is 6. The number of ether oxygens (including phenoxy) is 1. The Bertz CT molecular complexity index is 1490. The van der Waals surface area contributed by atoms with Gasteiger partial charge in [0, 0.05) is 27.5 Å². The molecule has 0 aliphatic carbocycles. The molecule has 3 aromatic carbocycles. The summed E-state index contributed by atoms with van der Waals surface area (Å²) in [5.74, 6) is 0.551. The molecule has 0 spiro atoms. The van der Waals surface area contributed by atoms with Gasteiger partial charge in [0.2, 0.25) is 5.75 Å². The standard InChI is InChI=1S/C25H20BrClN4O4/c1-2-4-23-29-21-12-9-18(26)13-20(21)25(32)30(23)28-14-17-5-3-6-22(31(33)34)24(17)35-15-16-7-10-19(27)11-8-16/h3,5-14H,2,4,15H2,1H3. The fraction of sp³-hybridized carbons (Fsp3) is 0.160. The molecule has 4 rings (SSSR count). The molecule has 0 aliphatic rings. The van der Waals surface area contributed by atoms with Crippen LogP contribution in [0.4, 0.5) is 5.69 Å². The Kier molecular flexibility index (Phi) is 7.57. The summed E-state index contributed by atoms with van der Waals surface area (Å²) in [7, 11) is 0. The molecule has 0 atom stereocenters. The van der Waals surface area contributed by atoms with Gasteiger partial charge in [0.15, 0.2) is 0 Å². The van der Waals surface area contributed by atoms with Crippen LogP contribution in [0.25, 0.3) is 10.9 Å². The average Bonchev–Trinajstić information content (AvgIpc) is 2.84. The van der Waals surface area contributed by atoms with Gasteiger partial charge in [0.05, 0.1) is 22.0 Å². The lowest BCUT2D eigenvalue weighted by atomic mass is 10.2. The van der Waals surface area contributed by atoms with Crippen molar-refractivity contribution in [3.05, 3.63) is 108 Å². The van der Waals surface area contributed by atoms with E-state index in [0.717, 1.165) is 16.5 Å². The largest absolute Gasteiger partial charge is 0.481 e. The summed E-state index contributed by atoms with van der Waals surface area (Å²) in [6.45, 7) is 2.07. The van der Waals surface area contributed by atoms with Crippen molar-refractivity contribution in [3.63, 3.8) is 0 Å². The molecule has 10 heteroatoms. The first-order chi connectivity index (χ1) is 16.9. The van der Waals surface area contributed by atoms with Crippen molar-refractivity contribution < 1.29 is 9.66 Å². The lowest BCUT2D eigenvalue weighted by Crippen LogP contribution is -2.22. The fourth-order valence-corrected chi connectivity index (χ4v) is 3.99. The van der Waals surface area contributed by atoms with Crippen LogP contribution in [0.3, 0.4) is 0 Å². The molecule has 8 nitrogen and oxygen atoms in total. The Labute approximate surface area is 214 Å². The van der Waals surface area contributed by atoms with Crippen LogP contribution in [0.2, 0.25) is 5.02 Å². The number of aromatic nitrogens is 2. The maximum absolute atomic E-state index is 13.2. The van der Waals surface area contributed by atoms with Crippen LogP contribution in [-0.4, -0.2) is 20.8 Å². The lowest BCUT2D eigenvalue weighted by molar-refractivity contribution is -0.385. The summed E-state index contributed by atoms with van der Waals surface area (Å²) in [6.07, 6.45) is 2.68. The number of aryl methyl sites for hydroxylation is 1. The predicted molar refractivity (Wildman–Crippen MR) is 140 cm³/mol. The highest BCUT2D eigenvalue weighted by atomic mass is 79.9. The molecule has 1 heterocycles. The van der Waals surface area contributed by atoms with Crippen LogP contribution < -0.4 is 10.3 Å². The van der Waals surface area contributed by atoms with Gasteiger partial charge in [-0.25, -0.2) is 4.98 Å². The molecule has 35 heavy (non-hydrogen) atoms. The highest BCUT2D eigenvalue weighted by molar-refractivity contribution is 9.10. The molecule has 0 fully saturated rings. The van der Waals surface area contributed by atoms with Crippen molar-refractivity contribution >= 4 is 50.3 Å². The number of nitro benzene ring substituents is 1. The molecule has 0 saturated heterocycles. The zero-order chi connectivity index (χ0) is 24.9. The fourth-order valence-electron chi connectivity index (χ4n) is 3.50. The monoisotopic (exact) mass is 554 g/mol. The van der Waals surface area contributed by atoms with Crippen LogP contribution in [0, 0.1) is 10.1 Å². The Morgan fingerprint density at radius 2 is 1.97 bits per heavy atom. The molecule has 0 unspecified atom stereocenters. The number of para-hydroxylation sites is 1. The predicted octanol–water partition coefficient (Wildman–Crippen LogP) is 6.13. The van der Waals surface area contributed by atoms with Crippen LogP contribution in [0.15, 0.2) is 75.0 Å². The smallest absolute Gasteiger partial charge is 0.311 e. The minimum Gasteiger partial charge on any atom is -0.481 e. The van der Waals surface area contributed by atoms with Crippen LogP contribution in [0.1, 0.15) is 30.3 Å². The molecule has 178 valence electrons. The maximum Gasteiger partial charge on any atom is 0.311 e. The molecule has 1 aromatic heterocycles. The SMILES string of the molecule is CCCc1nc2ccc(Br)cc2c(=O)n1N=Cc1cccc([N+](=O)[O-])c1OCc1ccc(Cl)cc1. The summed E-state index contributed by atoms with van der Waals surface area (Å²) in [5.41, 5.74) is 1.20. The van der Waals surface area contributed by atoms with Crippen LogP contribution in [-0.2, 0) is 13.0 Å². The highest BCUT2D eigenvalue weighted by Crippen LogP contribution is 2.31. The summed E-state index contributed by atoms with van der Waals surface area (Å²) in [6, 6.07) is 16.8. The zero-order valence-electron chi connectivity index (χ0n) is 18.6. The summed E-state index contributed by atoms with van der Waals surface area (Å²) in [5, 5.41) is 17.0. The molecular formula is C25H20BrClN4O4. The summed E-state index contributed by atoms with van der Waals surface area (Å²) >= 11 is 9.32. The number of fused-ring (bicyclic) bond motifs is 1. The Hall–Kier alpha value is -3.56. The second-order valence-corrected chi connectivity index (χ2v) is 9.02. The molecule has 0 saturated carbocycles. The maximum atomic E-state index is 13.2. The third-order valence-electron chi connectivity index (χ3n) is 5.18. The highest BCUT2D eigenvalue weighted by Gasteiger charge is 2.19. The number of nitro groups is 1. The van der Waals surface area contributed by atoms with E-state index in [1.54, 1.807) is 48.5 Å². The van der Waals surface area contributed by atoms with Gasteiger partial charge in [-0.3, -0.25) is 14.9 Å². The summed E-state index contributed by atoms with van der Waals surface area (Å²) < 4.78 is 7.84. The molecular weight excluding hydrogens is 536 g/mol. The van der Waals surface area contributed by atoms with Gasteiger partial charge in [-0.05, 0) is 48.4 Å². The normalized spacial score (nSPS) is 11.3. The van der Waals surface area contributed by atoms with Crippen LogP contribution >= 0.6 is 27.5 Å². The van der Waals surface area contributed by atoms with Gasteiger partial charge in [0.25, 0.3) is 5.56 Å². The Morgan fingerprint density at radius 3 is 2.69 bits per heavy atom. The first-order valence-electron chi connectivity index (χ1n) is 10.8. The second-order valence-electron chi connectivity index (χ2n) is 7.67. The minimum atomic E-state index is -0.516.